The van der Waals surface area contributed by atoms with Gasteiger partial charge in [-0.25, -0.2) is 4.98 Å². The highest BCUT2D eigenvalue weighted by Crippen LogP contribution is 2.36. The van der Waals surface area contributed by atoms with Crippen LogP contribution in [0, 0.1) is 5.41 Å². The Bertz CT molecular complexity index is 834. The van der Waals surface area contributed by atoms with Crippen LogP contribution in [0.5, 0.6) is 0 Å². The molecule has 0 radical (unpaired) electrons. The Hall–Kier alpha value is -2.25. The standard InChI is InChI=1S/C18H23N3O4/c1-2-6-18(12-22)7-9-20(11-14(18)23)16(24)13-10-19-15-5-3-4-8-21(15)17(13)25/h3-5,8,10,14,22-23H,2,6-7,9,11-12H2,1H3/t14-,18+/m0/s1. The summed E-state index contributed by atoms with van der Waals surface area (Å²) in [4.78, 5) is 31.0. The van der Waals surface area contributed by atoms with E-state index in [1.165, 1.54) is 15.5 Å². The number of hydrogen-bond acceptors (Lipinski definition) is 5. The van der Waals surface area contributed by atoms with Crippen molar-refractivity contribution in [2.75, 3.05) is 19.7 Å². The molecular formula is C18H23N3O4. The lowest BCUT2D eigenvalue weighted by Crippen LogP contribution is -2.54. The first kappa shape index (κ1) is 17.6. The molecule has 0 unspecified atom stereocenters. The SMILES string of the molecule is CCC[C@]1(CO)CCN(C(=O)c2cnc3ccccn3c2=O)C[C@@H]1O. The summed E-state index contributed by atoms with van der Waals surface area (Å²) in [6.07, 6.45) is 4.11. The number of carbonyl (C=O) groups excluding carboxylic acids is 1. The van der Waals surface area contributed by atoms with Crippen molar-refractivity contribution in [2.24, 2.45) is 5.41 Å². The van der Waals surface area contributed by atoms with E-state index in [0.29, 0.717) is 25.0 Å². The molecule has 0 aromatic carbocycles. The lowest BCUT2D eigenvalue weighted by Gasteiger charge is -2.44. The van der Waals surface area contributed by atoms with E-state index in [-0.39, 0.29) is 18.7 Å². The molecule has 1 aliphatic heterocycles. The van der Waals surface area contributed by atoms with E-state index < -0.39 is 23.0 Å². The molecule has 1 amide bonds. The number of aliphatic hydroxyl groups is 2. The first-order valence-corrected chi connectivity index (χ1v) is 8.57. The summed E-state index contributed by atoms with van der Waals surface area (Å²) in [5, 5.41) is 20.2. The summed E-state index contributed by atoms with van der Waals surface area (Å²) in [7, 11) is 0. The number of aromatic nitrogens is 2. The highest BCUT2D eigenvalue weighted by molar-refractivity contribution is 5.93. The number of rotatable bonds is 4. The second-order valence-electron chi connectivity index (χ2n) is 6.69. The van der Waals surface area contributed by atoms with Crippen molar-refractivity contribution >= 4 is 11.6 Å². The molecule has 1 fully saturated rings. The zero-order valence-corrected chi connectivity index (χ0v) is 14.3. The molecule has 2 N–H and O–H groups in total. The molecule has 3 heterocycles. The largest absolute Gasteiger partial charge is 0.396 e. The van der Waals surface area contributed by atoms with Crippen molar-refractivity contribution in [3.8, 4) is 0 Å². The van der Waals surface area contributed by atoms with Crippen LogP contribution in [0.2, 0.25) is 0 Å². The van der Waals surface area contributed by atoms with Gasteiger partial charge in [0, 0.05) is 30.9 Å². The molecule has 134 valence electrons. The van der Waals surface area contributed by atoms with Crippen LogP contribution in [0.15, 0.2) is 35.4 Å². The van der Waals surface area contributed by atoms with Gasteiger partial charge in [-0.3, -0.25) is 14.0 Å². The van der Waals surface area contributed by atoms with E-state index >= 15 is 0 Å². The fourth-order valence-corrected chi connectivity index (χ4v) is 3.60. The Morgan fingerprint density at radius 2 is 2.24 bits per heavy atom. The van der Waals surface area contributed by atoms with Crippen molar-refractivity contribution < 1.29 is 15.0 Å². The smallest absolute Gasteiger partial charge is 0.270 e. The Balaban J connectivity index is 1.86. The highest BCUT2D eigenvalue weighted by atomic mass is 16.3. The zero-order chi connectivity index (χ0) is 18.0. The van der Waals surface area contributed by atoms with E-state index in [1.54, 1.807) is 24.4 Å². The third-order valence-electron chi connectivity index (χ3n) is 5.17. The maximum absolute atomic E-state index is 12.8. The number of hydrogen-bond donors (Lipinski definition) is 2. The zero-order valence-electron chi connectivity index (χ0n) is 14.3. The Kier molecular flexibility index (Phi) is 4.87. The van der Waals surface area contributed by atoms with Gasteiger partial charge in [-0.15, -0.1) is 0 Å². The lowest BCUT2D eigenvalue weighted by molar-refractivity contribution is -0.0713. The van der Waals surface area contributed by atoms with Gasteiger partial charge >= 0.3 is 0 Å². The number of aliphatic hydroxyl groups excluding tert-OH is 2. The average molecular weight is 345 g/mol. The second kappa shape index (κ2) is 6.93. The molecule has 25 heavy (non-hydrogen) atoms. The summed E-state index contributed by atoms with van der Waals surface area (Å²) >= 11 is 0. The van der Waals surface area contributed by atoms with E-state index in [9.17, 15) is 19.8 Å². The predicted molar refractivity (Wildman–Crippen MR) is 92.4 cm³/mol. The first-order valence-electron chi connectivity index (χ1n) is 8.57. The van der Waals surface area contributed by atoms with E-state index in [2.05, 4.69) is 4.98 Å². The minimum atomic E-state index is -0.814. The van der Waals surface area contributed by atoms with Gasteiger partial charge in [0.2, 0.25) is 0 Å². The Labute approximate surface area is 145 Å². The van der Waals surface area contributed by atoms with Crippen LogP contribution in [0.4, 0.5) is 0 Å². The molecule has 1 aliphatic rings. The summed E-state index contributed by atoms with van der Waals surface area (Å²) in [5.41, 5.74) is -0.520. The summed E-state index contributed by atoms with van der Waals surface area (Å²) in [5.74, 6) is -0.433. The minimum absolute atomic E-state index is 0.0112. The van der Waals surface area contributed by atoms with E-state index in [1.807, 2.05) is 6.92 Å². The molecule has 0 spiro atoms. The van der Waals surface area contributed by atoms with Crippen LogP contribution >= 0.6 is 0 Å². The van der Waals surface area contributed by atoms with Crippen molar-refractivity contribution in [1.29, 1.82) is 0 Å². The number of β-amino-alcohol motifs (C(OH)–C–C–N with tert-alkyl or cyclic N) is 1. The van der Waals surface area contributed by atoms with Crippen molar-refractivity contribution in [1.82, 2.24) is 14.3 Å². The monoisotopic (exact) mass is 345 g/mol. The number of piperidine rings is 1. The lowest BCUT2D eigenvalue weighted by atomic mass is 9.73. The Morgan fingerprint density at radius 1 is 1.44 bits per heavy atom. The van der Waals surface area contributed by atoms with Crippen molar-refractivity contribution in [3.63, 3.8) is 0 Å². The van der Waals surface area contributed by atoms with Crippen LogP contribution < -0.4 is 5.56 Å². The minimum Gasteiger partial charge on any atom is -0.396 e. The van der Waals surface area contributed by atoms with Gasteiger partial charge in [0.25, 0.3) is 11.5 Å². The molecule has 1 saturated heterocycles. The Morgan fingerprint density at radius 3 is 2.92 bits per heavy atom. The summed E-state index contributed by atoms with van der Waals surface area (Å²) in [6, 6.07) is 5.17. The topological polar surface area (TPSA) is 95.1 Å². The molecule has 2 aromatic heterocycles. The van der Waals surface area contributed by atoms with Gasteiger partial charge in [-0.1, -0.05) is 19.4 Å². The fraction of sp³-hybridized carbons (Fsp3) is 0.500. The normalized spacial score (nSPS) is 23.8. The molecule has 2 atom stereocenters. The third kappa shape index (κ3) is 3.05. The summed E-state index contributed by atoms with van der Waals surface area (Å²) in [6.45, 7) is 2.40. The van der Waals surface area contributed by atoms with Crippen molar-refractivity contribution in [3.05, 3.63) is 46.5 Å². The quantitative estimate of drug-likeness (QED) is 0.850. The number of likely N-dealkylation sites (tertiary alicyclic amines) is 1. The van der Waals surface area contributed by atoms with E-state index in [4.69, 9.17) is 0 Å². The van der Waals surface area contributed by atoms with Gasteiger partial charge in [-0.2, -0.15) is 0 Å². The van der Waals surface area contributed by atoms with Gasteiger partial charge in [0.15, 0.2) is 0 Å². The van der Waals surface area contributed by atoms with Crippen molar-refractivity contribution in [2.45, 2.75) is 32.3 Å². The first-order chi connectivity index (χ1) is 12.0. The van der Waals surface area contributed by atoms with Gasteiger partial charge in [0.05, 0.1) is 12.7 Å². The molecule has 3 rings (SSSR count). The van der Waals surface area contributed by atoms with Crippen LogP contribution in [0.3, 0.4) is 0 Å². The van der Waals surface area contributed by atoms with Crippen LogP contribution in [0.25, 0.3) is 5.65 Å². The molecule has 7 heteroatoms. The fourth-order valence-electron chi connectivity index (χ4n) is 3.60. The molecule has 2 aromatic rings. The average Bonchev–Trinajstić information content (AvgIpc) is 2.63. The van der Waals surface area contributed by atoms with E-state index in [0.717, 1.165) is 6.42 Å². The number of nitrogens with zero attached hydrogens (tertiary/aromatic N) is 3. The predicted octanol–water partition coefficient (Wildman–Crippen LogP) is 0.680. The molecule has 0 aliphatic carbocycles. The molecule has 7 nitrogen and oxygen atoms in total. The maximum atomic E-state index is 12.8. The van der Waals surface area contributed by atoms with Crippen LogP contribution in [0.1, 0.15) is 36.5 Å². The highest BCUT2D eigenvalue weighted by Gasteiger charge is 2.42. The van der Waals surface area contributed by atoms with Gasteiger partial charge in [-0.05, 0) is 25.0 Å². The second-order valence-corrected chi connectivity index (χ2v) is 6.69. The number of pyridine rings is 1. The third-order valence-corrected chi connectivity index (χ3v) is 5.17. The number of fused-ring (bicyclic) bond motifs is 1. The molecule has 0 bridgehead atoms. The van der Waals surface area contributed by atoms with Crippen LogP contribution in [-0.4, -0.2) is 56.2 Å². The number of amides is 1. The van der Waals surface area contributed by atoms with Gasteiger partial charge in [0.1, 0.15) is 11.2 Å². The maximum Gasteiger partial charge on any atom is 0.270 e. The molecular weight excluding hydrogens is 322 g/mol. The summed E-state index contributed by atoms with van der Waals surface area (Å²) < 4.78 is 1.34. The number of carbonyl (C=O) groups is 1. The van der Waals surface area contributed by atoms with Gasteiger partial charge < -0.3 is 15.1 Å². The molecule has 0 saturated carbocycles. The van der Waals surface area contributed by atoms with Crippen LogP contribution in [-0.2, 0) is 0 Å².